The Morgan fingerprint density at radius 2 is 1.67 bits per heavy atom. The second-order valence-electron chi connectivity index (χ2n) is 9.43. The van der Waals surface area contributed by atoms with Gasteiger partial charge in [-0.15, -0.1) is 4.41 Å². The molecule has 0 bridgehead atoms. The molecule has 0 N–H and O–H groups in total. The van der Waals surface area contributed by atoms with Gasteiger partial charge in [-0.3, -0.25) is 14.6 Å². The highest BCUT2D eigenvalue weighted by Crippen LogP contribution is 2.56. The van der Waals surface area contributed by atoms with Crippen molar-refractivity contribution in [2.24, 2.45) is 11.3 Å². The Labute approximate surface area is 215 Å². The summed E-state index contributed by atoms with van der Waals surface area (Å²) in [5, 5.41) is 2.02. The fraction of sp³-hybridized carbons (Fsp3) is 0.385. The molecule has 2 aromatic rings. The Kier molecular flexibility index (Phi) is 6.13. The van der Waals surface area contributed by atoms with Crippen LogP contribution in [-0.4, -0.2) is 50.5 Å². The van der Waals surface area contributed by atoms with Crippen LogP contribution < -0.4 is 0 Å². The Balaban J connectivity index is 1.77. The van der Waals surface area contributed by atoms with Crippen molar-refractivity contribution < 1.29 is 27.5 Å². The molecule has 1 aliphatic carbocycles. The highest BCUT2D eigenvalue weighted by molar-refractivity contribution is 7.89. The van der Waals surface area contributed by atoms with Crippen LogP contribution in [0.4, 0.5) is 0 Å². The minimum absolute atomic E-state index is 0.0955. The van der Waals surface area contributed by atoms with Crippen LogP contribution in [0.25, 0.3) is 6.08 Å². The molecule has 1 saturated carbocycles. The van der Waals surface area contributed by atoms with Crippen LogP contribution in [0, 0.1) is 18.3 Å². The molecule has 0 spiro atoms. The lowest BCUT2D eigenvalue weighted by molar-refractivity contribution is -0.187. The van der Waals surface area contributed by atoms with Gasteiger partial charge >= 0.3 is 11.9 Å². The summed E-state index contributed by atoms with van der Waals surface area (Å²) < 4.78 is 39.6. The van der Waals surface area contributed by atoms with Gasteiger partial charge in [-0.05, 0) is 67.7 Å². The molecule has 1 unspecified atom stereocenters. The zero-order chi connectivity index (χ0) is 25.8. The molecular formula is C26H27ClN2O6S. The molecule has 1 saturated heterocycles. The van der Waals surface area contributed by atoms with Gasteiger partial charge in [0.05, 0.1) is 25.2 Å². The molecule has 190 valence electrons. The number of benzene rings is 2. The smallest absolute Gasteiger partial charge is 0.325 e. The number of hydrogen-bond acceptors (Lipinski definition) is 7. The van der Waals surface area contributed by atoms with E-state index in [-0.39, 0.29) is 23.8 Å². The SMILES string of the molecule is COC(=O)C1(C(=O)OC)CCN(S(=O)(=O)c2ccc(C)cc2)N2C(C3CC3)=Cc3ccc(Cl)cc3C21. The van der Waals surface area contributed by atoms with Gasteiger partial charge in [-0.1, -0.05) is 35.4 Å². The van der Waals surface area contributed by atoms with Crippen LogP contribution in [0.1, 0.15) is 42.0 Å². The Morgan fingerprint density at radius 3 is 2.25 bits per heavy atom. The maximum Gasteiger partial charge on any atom is 0.325 e. The van der Waals surface area contributed by atoms with E-state index in [1.165, 1.54) is 18.6 Å². The lowest BCUT2D eigenvalue weighted by atomic mass is 9.70. The lowest BCUT2D eigenvalue weighted by Crippen LogP contribution is -2.63. The number of fused-ring (bicyclic) bond motifs is 3. The van der Waals surface area contributed by atoms with Gasteiger partial charge < -0.3 is 9.47 Å². The van der Waals surface area contributed by atoms with Crippen LogP contribution in [-0.2, 0) is 29.1 Å². The molecule has 1 atom stereocenters. The van der Waals surface area contributed by atoms with Gasteiger partial charge in [-0.25, -0.2) is 8.42 Å². The zero-order valence-corrected chi connectivity index (χ0v) is 21.8. The number of allylic oxidation sites excluding steroid dienone is 1. The van der Waals surface area contributed by atoms with E-state index in [4.69, 9.17) is 21.1 Å². The number of ether oxygens (including phenoxy) is 2. The maximum absolute atomic E-state index is 14.0. The number of carbonyl (C=O) groups is 2. The Morgan fingerprint density at radius 1 is 1.03 bits per heavy atom. The second-order valence-corrected chi connectivity index (χ2v) is 11.7. The lowest BCUT2D eigenvalue weighted by Gasteiger charge is -2.54. The number of halogens is 1. The molecule has 2 heterocycles. The maximum atomic E-state index is 14.0. The molecule has 0 aromatic heterocycles. The van der Waals surface area contributed by atoms with E-state index in [1.807, 2.05) is 19.1 Å². The summed E-state index contributed by atoms with van der Waals surface area (Å²) in [4.78, 5) is 27.0. The van der Waals surface area contributed by atoms with Crippen LogP contribution in [0.15, 0.2) is 53.1 Å². The van der Waals surface area contributed by atoms with Gasteiger partial charge in [0.15, 0.2) is 5.41 Å². The van der Waals surface area contributed by atoms with Crippen molar-refractivity contribution in [3.8, 4) is 0 Å². The quantitative estimate of drug-likeness (QED) is 0.424. The summed E-state index contributed by atoms with van der Waals surface area (Å²) in [6, 6.07) is 10.8. The van der Waals surface area contributed by atoms with Crippen molar-refractivity contribution >= 4 is 39.6 Å². The first-order chi connectivity index (χ1) is 17.1. The summed E-state index contributed by atoms with van der Waals surface area (Å²) in [5.74, 6) is -1.46. The fourth-order valence-corrected chi connectivity index (χ4v) is 6.95. The van der Waals surface area contributed by atoms with E-state index < -0.39 is 33.4 Å². The predicted molar refractivity (Wildman–Crippen MR) is 133 cm³/mol. The van der Waals surface area contributed by atoms with Crippen molar-refractivity contribution in [2.75, 3.05) is 20.8 Å². The largest absolute Gasteiger partial charge is 0.468 e. The van der Waals surface area contributed by atoms with Crippen molar-refractivity contribution in [2.45, 2.75) is 37.1 Å². The molecule has 2 aromatic carbocycles. The first-order valence-corrected chi connectivity index (χ1v) is 13.5. The number of esters is 2. The van der Waals surface area contributed by atoms with Gasteiger partial charge in [-0.2, -0.15) is 0 Å². The van der Waals surface area contributed by atoms with E-state index in [0.717, 1.165) is 29.7 Å². The molecule has 2 aliphatic heterocycles. The van der Waals surface area contributed by atoms with Crippen molar-refractivity contribution in [1.29, 1.82) is 0 Å². The zero-order valence-electron chi connectivity index (χ0n) is 20.2. The standard InChI is InChI=1S/C26H27ClN2O6S/c1-16-4-10-20(11-5-16)36(32,33)28-13-12-26(24(30)34-2,25(31)35-3)23-21-15-19(27)9-8-18(21)14-22(29(23)28)17-6-7-17/h4-5,8-11,14-15,17,23H,6-7,12-13H2,1-3H3. The molecule has 5 rings (SSSR count). The first-order valence-electron chi connectivity index (χ1n) is 11.7. The summed E-state index contributed by atoms with van der Waals surface area (Å²) in [6.07, 6.45) is 3.56. The molecule has 36 heavy (non-hydrogen) atoms. The number of sulfonamides is 1. The van der Waals surface area contributed by atoms with Gasteiger partial charge in [0, 0.05) is 23.2 Å². The number of hydrogen-bond donors (Lipinski definition) is 0. The average Bonchev–Trinajstić information content (AvgIpc) is 3.72. The highest BCUT2D eigenvalue weighted by Gasteiger charge is 2.64. The van der Waals surface area contributed by atoms with Gasteiger partial charge in [0.2, 0.25) is 0 Å². The molecule has 10 heteroatoms. The Hall–Kier alpha value is -2.88. The summed E-state index contributed by atoms with van der Waals surface area (Å²) >= 11 is 6.37. The minimum atomic E-state index is -4.03. The normalized spacial score (nSPS) is 21.2. The van der Waals surface area contributed by atoms with Crippen LogP contribution in [0.3, 0.4) is 0 Å². The van der Waals surface area contributed by atoms with E-state index in [9.17, 15) is 18.0 Å². The summed E-state index contributed by atoms with van der Waals surface area (Å²) in [5.41, 5.74) is 1.21. The van der Waals surface area contributed by atoms with Crippen LogP contribution in [0.2, 0.25) is 5.02 Å². The fourth-order valence-electron chi connectivity index (χ4n) is 5.30. The first kappa shape index (κ1) is 24.8. The summed E-state index contributed by atoms with van der Waals surface area (Å²) in [7, 11) is -1.61. The van der Waals surface area contributed by atoms with E-state index >= 15 is 0 Å². The molecule has 3 aliphatic rings. The molecular weight excluding hydrogens is 504 g/mol. The van der Waals surface area contributed by atoms with E-state index in [1.54, 1.807) is 41.4 Å². The van der Waals surface area contributed by atoms with Crippen LogP contribution in [0.5, 0.6) is 0 Å². The van der Waals surface area contributed by atoms with Gasteiger partial charge in [0.1, 0.15) is 0 Å². The van der Waals surface area contributed by atoms with E-state index in [2.05, 4.69) is 0 Å². The topological polar surface area (TPSA) is 93.2 Å². The number of rotatable bonds is 5. The Bertz CT molecular complexity index is 1350. The molecule has 8 nitrogen and oxygen atoms in total. The third-order valence-corrected chi connectivity index (χ3v) is 9.27. The number of aryl methyl sites for hydroxylation is 1. The number of nitrogens with zero attached hydrogens (tertiary/aromatic N) is 2. The van der Waals surface area contributed by atoms with Crippen LogP contribution >= 0.6 is 11.6 Å². The number of carbonyl (C=O) groups excluding carboxylic acids is 2. The van der Waals surface area contributed by atoms with Gasteiger partial charge in [0.25, 0.3) is 10.0 Å². The third-order valence-electron chi connectivity index (χ3n) is 7.25. The van der Waals surface area contributed by atoms with Crippen molar-refractivity contribution in [3.05, 3.63) is 69.9 Å². The highest BCUT2D eigenvalue weighted by atomic mass is 35.5. The monoisotopic (exact) mass is 530 g/mol. The van der Waals surface area contributed by atoms with Crippen molar-refractivity contribution in [1.82, 2.24) is 9.42 Å². The molecule has 0 amide bonds. The molecule has 2 fully saturated rings. The third kappa shape index (κ3) is 3.72. The predicted octanol–water partition coefficient (Wildman–Crippen LogP) is 4.10. The molecule has 0 radical (unpaired) electrons. The second kappa shape index (κ2) is 8.90. The summed E-state index contributed by atoms with van der Waals surface area (Å²) in [6.45, 7) is 1.77. The van der Waals surface area contributed by atoms with E-state index in [0.29, 0.717) is 10.6 Å². The van der Waals surface area contributed by atoms with Crippen molar-refractivity contribution in [3.63, 3.8) is 0 Å². The number of methoxy groups -OCH3 is 2. The minimum Gasteiger partial charge on any atom is -0.468 e. The number of hydrazine groups is 1. The average molecular weight is 531 g/mol.